The van der Waals surface area contributed by atoms with Crippen molar-refractivity contribution in [3.05, 3.63) is 41.4 Å². The Morgan fingerprint density at radius 1 is 1.15 bits per heavy atom. The first-order valence-corrected chi connectivity index (χ1v) is 9.67. The summed E-state index contributed by atoms with van der Waals surface area (Å²) in [4.78, 5) is 32.0. The zero-order chi connectivity index (χ0) is 18.4. The Labute approximate surface area is 157 Å². The SMILES string of the molecule is CC(=O)c1ccc(OCCCC(=O)N2CCN(c3nccs3)CC2)cc1. The van der Waals surface area contributed by atoms with Gasteiger partial charge in [0.2, 0.25) is 5.91 Å². The molecular weight excluding hydrogens is 350 g/mol. The predicted molar refractivity (Wildman–Crippen MR) is 102 cm³/mol. The molecule has 3 rings (SSSR count). The highest BCUT2D eigenvalue weighted by molar-refractivity contribution is 7.13. The Hall–Kier alpha value is -2.41. The molecule has 6 nitrogen and oxygen atoms in total. The summed E-state index contributed by atoms with van der Waals surface area (Å²) in [5.41, 5.74) is 0.671. The van der Waals surface area contributed by atoms with E-state index in [-0.39, 0.29) is 11.7 Å². The summed E-state index contributed by atoms with van der Waals surface area (Å²) in [5, 5.41) is 3.00. The van der Waals surface area contributed by atoms with Crippen LogP contribution in [0.2, 0.25) is 0 Å². The van der Waals surface area contributed by atoms with E-state index in [2.05, 4.69) is 9.88 Å². The lowest BCUT2D eigenvalue weighted by Gasteiger charge is -2.34. The predicted octanol–water partition coefficient (Wildman–Crippen LogP) is 2.85. The third kappa shape index (κ3) is 4.82. The van der Waals surface area contributed by atoms with Crippen LogP contribution in [-0.4, -0.2) is 54.4 Å². The lowest BCUT2D eigenvalue weighted by Crippen LogP contribution is -2.48. The zero-order valence-corrected chi connectivity index (χ0v) is 15.7. The Balaban J connectivity index is 1.35. The molecule has 0 atom stereocenters. The van der Waals surface area contributed by atoms with Crippen molar-refractivity contribution in [2.75, 3.05) is 37.7 Å². The highest BCUT2D eigenvalue weighted by atomic mass is 32.1. The molecule has 0 N–H and O–H groups in total. The van der Waals surface area contributed by atoms with E-state index >= 15 is 0 Å². The van der Waals surface area contributed by atoms with Crippen molar-refractivity contribution in [3.8, 4) is 5.75 Å². The normalized spacial score (nSPS) is 14.3. The van der Waals surface area contributed by atoms with Crippen LogP contribution in [0.4, 0.5) is 5.13 Å². The number of benzene rings is 1. The van der Waals surface area contributed by atoms with Crippen LogP contribution in [0.3, 0.4) is 0 Å². The van der Waals surface area contributed by atoms with Gasteiger partial charge in [-0.2, -0.15) is 0 Å². The average Bonchev–Trinajstić information content (AvgIpc) is 3.20. The molecule has 1 fully saturated rings. The molecular formula is C19H23N3O3S. The van der Waals surface area contributed by atoms with Gasteiger partial charge >= 0.3 is 0 Å². The maximum atomic E-state index is 12.3. The number of anilines is 1. The standard InChI is InChI=1S/C19H23N3O3S/c1-15(23)16-4-6-17(7-5-16)25-13-2-3-18(24)21-9-11-22(12-10-21)19-20-8-14-26-19/h4-8,14H,2-3,9-13H2,1H3. The summed E-state index contributed by atoms with van der Waals surface area (Å²) in [6.07, 6.45) is 2.98. The third-order valence-corrected chi connectivity index (χ3v) is 5.22. The third-order valence-electron chi connectivity index (χ3n) is 4.39. The van der Waals surface area contributed by atoms with E-state index in [9.17, 15) is 9.59 Å². The van der Waals surface area contributed by atoms with E-state index in [1.54, 1.807) is 35.6 Å². The summed E-state index contributed by atoms with van der Waals surface area (Å²) >= 11 is 1.63. The molecule has 1 aromatic carbocycles. The first-order valence-electron chi connectivity index (χ1n) is 8.79. The molecule has 0 radical (unpaired) electrons. The fraction of sp³-hybridized carbons (Fsp3) is 0.421. The van der Waals surface area contributed by atoms with Crippen molar-refractivity contribution in [1.29, 1.82) is 0 Å². The summed E-state index contributed by atoms with van der Waals surface area (Å²) in [5.74, 6) is 0.941. The molecule has 1 saturated heterocycles. The first-order chi connectivity index (χ1) is 12.6. The number of hydrogen-bond donors (Lipinski definition) is 0. The van der Waals surface area contributed by atoms with E-state index in [0.29, 0.717) is 25.0 Å². The molecule has 0 spiro atoms. The van der Waals surface area contributed by atoms with Crippen LogP contribution in [0.5, 0.6) is 5.75 Å². The summed E-state index contributed by atoms with van der Waals surface area (Å²) < 4.78 is 5.65. The van der Waals surface area contributed by atoms with Gasteiger partial charge in [-0.05, 0) is 37.6 Å². The van der Waals surface area contributed by atoms with Crippen LogP contribution in [0, 0.1) is 0 Å². The van der Waals surface area contributed by atoms with Crippen molar-refractivity contribution >= 4 is 28.2 Å². The van der Waals surface area contributed by atoms with Gasteiger partial charge in [0.1, 0.15) is 5.75 Å². The molecule has 1 aliphatic rings. The quantitative estimate of drug-likeness (QED) is 0.552. The smallest absolute Gasteiger partial charge is 0.222 e. The monoisotopic (exact) mass is 373 g/mol. The molecule has 0 unspecified atom stereocenters. The van der Waals surface area contributed by atoms with Crippen LogP contribution in [0.15, 0.2) is 35.8 Å². The van der Waals surface area contributed by atoms with E-state index in [1.807, 2.05) is 16.5 Å². The van der Waals surface area contributed by atoms with Gasteiger partial charge in [0.15, 0.2) is 10.9 Å². The minimum Gasteiger partial charge on any atom is -0.494 e. The minimum absolute atomic E-state index is 0.0390. The van der Waals surface area contributed by atoms with Crippen molar-refractivity contribution < 1.29 is 14.3 Å². The number of piperazine rings is 1. The average molecular weight is 373 g/mol. The summed E-state index contributed by atoms with van der Waals surface area (Å²) in [6.45, 7) is 5.18. The van der Waals surface area contributed by atoms with Gasteiger partial charge in [0.25, 0.3) is 0 Å². The van der Waals surface area contributed by atoms with Crippen molar-refractivity contribution in [1.82, 2.24) is 9.88 Å². The van der Waals surface area contributed by atoms with Crippen LogP contribution in [0.25, 0.3) is 0 Å². The Kier molecular flexibility index (Phi) is 6.22. The zero-order valence-electron chi connectivity index (χ0n) is 14.9. The molecule has 0 bridgehead atoms. The molecule has 1 aliphatic heterocycles. The second-order valence-corrected chi connectivity index (χ2v) is 7.09. The van der Waals surface area contributed by atoms with Crippen molar-refractivity contribution in [3.63, 3.8) is 0 Å². The first kappa shape index (κ1) is 18.4. The maximum Gasteiger partial charge on any atom is 0.222 e. The topological polar surface area (TPSA) is 62.7 Å². The molecule has 2 heterocycles. The van der Waals surface area contributed by atoms with Gasteiger partial charge < -0.3 is 14.5 Å². The lowest BCUT2D eigenvalue weighted by molar-refractivity contribution is -0.131. The van der Waals surface area contributed by atoms with Crippen LogP contribution in [0.1, 0.15) is 30.1 Å². The molecule has 26 heavy (non-hydrogen) atoms. The van der Waals surface area contributed by atoms with Crippen molar-refractivity contribution in [2.45, 2.75) is 19.8 Å². The van der Waals surface area contributed by atoms with E-state index < -0.39 is 0 Å². The van der Waals surface area contributed by atoms with Gasteiger partial charge in [-0.15, -0.1) is 11.3 Å². The molecule has 7 heteroatoms. The Morgan fingerprint density at radius 2 is 1.88 bits per heavy atom. The van der Waals surface area contributed by atoms with Gasteiger partial charge in [-0.25, -0.2) is 4.98 Å². The van der Waals surface area contributed by atoms with Crippen LogP contribution in [-0.2, 0) is 4.79 Å². The Bertz CT molecular complexity index is 723. The number of aromatic nitrogens is 1. The summed E-state index contributed by atoms with van der Waals surface area (Å²) in [6, 6.07) is 7.09. The van der Waals surface area contributed by atoms with Gasteiger partial charge in [-0.1, -0.05) is 0 Å². The minimum atomic E-state index is 0.0390. The summed E-state index contributed by atoms with van der Waals surface area (Å²) in [7, 11) is 0. The largest absolute Gasteiger partial charge is 0.494 e. The number of amides is 1. The lowest BCUT2D eigenvalue weighted by atomic mass is 10.1. The molecule has 0 saturated carbocycles. The van der Waals surface area contributed by atoms with E-state index in [1.165, 1.54) is 6.92 Å². The number of ether oxygens (including phenoxy) is 1. The molecule has 1 amide bonds. The fourth-order valence-electron chi connectivity index (χ4n) is 2.88. The van der Waals surface area contributed by atoms with E-state index in [0.717, 1.165) is 37.1 Å². The number of carbonyl (C=O) groups excluding carboxylic acids is 2. The highest BCUT2D eigenvalue weighted by Gasteiger charge is 2.21. The number of rotatable bonds is 7. The van der Waals surface area contributed by atoms with Gasteiger partial charge in [0.05, 0.1) is 6.61 Å². The second-order valence-electron chi connectivity index (χ2n) is 6.22. The number of Topliss-reactive ketones (excluding diaryl/α,β-unsaturated/α-hetero) is 1. The Morgan fingerprint density at radius 3 is 2.50 bits per heavy atom. The maximum absolute atomic E-state index is 12.3. The van der Waals surface area contributed by atoms with Gasteiger partial charge in [-0.3, -0.25) is 9.59 Å². The van der Waals surface area contributed by atoms with Gasteiger partial charge in [0, 0.05) is 49.7 Å². The van der Waals surface area contributed by atoms with E-state index in [4.69, 9.17) is 4.74 Å². The van der Waals surface area contributed by atoms with Crippen molar-refractivity contribution in [2.24, 2.45) is 0 Å². The van der Waals surface area contributed by atoms with Crippen LogP contribution < -0.4 is 9.64 Å². The highest BCUT2D eigenvalue weighted by Crippen LogP contribution is 2.19. The van der Waals surface area contributed by atoms with Crippen LogP contribution >= 0.6 is 11.3 Å². The number of hydrogen-bond acceptors (Lipinski definition) is 6. The fourth-order valence-corrected chi connectivity index (χ4v) is 3.57. The number of carbonyl (C=O) groups is 2. The molecule has 0 aliphatic carbocycles. The number of thiazole rings is 1. The molecule has 138 valence electrons. The molecule has 1 aromatic heterocycles. The number of nitrogens with zero attached hydrogens (tertiary/aromatic N) is 3. The second kappa shape index (κ2) is 8.80. The number of ketones is 1. The molecule has 2 aromatic rings.